The van der Waals surface area contributed by atoms with E-state index in [1.54, 1.807) is 12.3 Å². The van der Waals surface area contributed by atoms with Gasteiger partial charge in [-0.15, -0.1) is 0 Å². The number of carbonyl (C=O) groups excluding carboxylic acids is 1. The normalized spacial score (nSPS) is 17.4. The summed E-state index contributed by atoms with van der Waals surface area (Å²) in [4.78, 5) is 31.3. The van der Waals surface area contributed by atoms with Crippen molar-refractivity contribution in [2.24, 2.45) is 0 Å². The lowest BCUT2D eigenvalue weighted by atomic mass is 9.95. The average molecular weight is 448 g/mol. The van der Waals surface area contributed by atoms with Crippen LogP contribution in [0.4, 0.5) is 5.82 Å². The number of aromatic amines is 1. The number of hydrogen-bond donors (Lipinski definition) is 1. The van der Waals surface area contributed by atoms with Gasteiger partial charge in [-0.2, -0.15) is 5.10 Å². The quantitative estimate of drug-likeness (QED) is 0.656. The summed E-state index contributed by atoms with van der Waals surface area (Å²) in [5.74, 6) is 2.14. The molecule has 1 amide bonds. The molecule has 1 N–H and O–H groups in total. The number of H-pyrrole nitrogens is 1. The minimum Gasteiger partial charge on any atom is -0.378 e. The number of anilines is 1. The number of ether oxygens (including phenoxy) is 1. The van der Waals surface area contributed by atoms with Crippen LogP contribution in [0.2, 0.25) is 0 Å². The zero-order valence-electron chi connectivity index (χ0n) is 19.1. The molecule has 2 aliphatic heterocycles. The Labute approximate surface area is 193 Å². The molecular formula is C24H29N7O2. The maximum Gasteiger partial charge on any atom is 0.271 e. The van der Waals surface area contributed by atoms with Gasteiger partial charge in [0.15, 0.2) is 0 Å². The van der Waals surface area contributed by atoms with Crippen molar-refractivity contribution in [1.29, 1.82) is 0 Å². The Bertz CT molecular complexity index is 1120. The number of nitrogens with one attached hydrogen (secondary N) is 1. The first-order valence-electron chi connectivity index (χ1n) is 11.5. The standard InChI is InChI=1S/C24H29N7O2/c1-16-17(2)26-22(27-23(16)30-11-13-33-14-12-30)18-6-9-31(10-7-18)24(32)21-15-20(28-29-21)19-5-3-4-8-25-19/h3-5,8,15,18H,6-7,9-14H2,1-2H3,(H,28,29). The van der Waals surface area contributed by atoms with Gasteiger partial charge in [-0.25, -0.2) is 9.97 Å². The number of nitrogens with zero attached hydrogens (tertiary/aromatic N) is 6. The number of aromatic nitrogens is 5. The number of piperidine rings is 1. The van der Waals surface area contributed by atoms with Crippen LogP contribution in [0.25, 0.3) is 11.4 Å². The molecule has 33 heavy (non-hydrogen) atoms. The van der Waals surface area contributed by atoms with Gasteiger partial charge in [-0.05, 0) is 44.9 Å². The van der Waals surface area contributed by atoms with E-state index in [2.05, 4.69) is 33.9 Å². The lowest BCUT2D eigenvalue weighted by Gasteiger charge is -2.33. The molecule has 2 fully saturated rings. The summed E-state index contributed by atoms with van der Waals surface area (Å²) < 4.78 is 5.50. The highest BCUT2D eigenvalue weighted by Gasteiger charge is 2.28. The summed E-state index contributed by atoms with van der Waals surface area (Å²) in [6.07, 6.45) is 3.41. The molecule has 9 heteroatoms. The van der Waals surface area contributed by atoms with Gasteiger partial charge in [0.1, 0.15) is 23.0 Å². The summed E-state index contributed by atoms with van der Waals surface area (Å²) in [6.45, 7) is 8.66. The molecular weight excluding hydrogens is 418 g/mol. The van der Waals surface area contributed by atoms with E-state index in [1.165, 1.54) is 0 Å². The molecule has 9 nitrogen and oxygen atoms in total. The second-order valence-electron chi connectivity index (χ2n) is 8.66. The predicted molar refractivity (Wildman–Crippen MR) is 124 cm³/mol. The van der Waals surface area contributed by atoms with E-state index < -0.39 is 0 Å². The summed E-state index contributed by atoms with van der Waals surface area (Å²) in [7, 11) is 0. The fraction of sp³-hybridized carbons (Fsp3) is 0.458. The first-order chi connectivity index (χ1) is 16.1. The van der Waals surface area contributed by atoms with Crippen LogP contribution < -0.4 is 4.90 Å². The molecule has 0 bridgehead atoms. The Hall–Kier alpha value is -3.33. The van der Waals surface area contributed by atoms with Crippen molar-refractivity contribution in [3.8, 4) is 11.4 Å². The summed E-state index contributed by atoms with van der Waals surface area (Å²) in [5.41, 5.74) is 4.07. The number of hydrogen-bond acceptors (Lipinski definition) is 7. The van der Waals surface area contributed by atoms with Gasteiger partial charge in [0.2, 0.25) is 0 Å². The predicted octanol–water partition coefficient (Wildman–Crippen LogP) is 2.73. The molecule has 0 saturated carbocycles. The minimum absolute atomic E-state index is 0.0295. The van der Waals surface area contributed by atoms with E-state index in [1.807, 2.05) is 23.1 Å². The van der Waals surface area contributed by atoms with Crippen LogP contribution in [0.1, 0.15) is 46.3 Å². The van der Waals surface area contributed by atoms with Gasteiger partial charge < -0.3 is 14.5 Å². The number of likely N-dealkylation sites (tertiary alicyclic amines) is 1. The van der Waals surface area contributed by atoms with Crippen molar-refractivity contribution < 1.29 is 9.53 Å². The fourth-order valence-electron chi connectivity index (χ4n) is 4.49. The molecule has 5 rings (SSSR count). The van der Waals surface area contributed by atoms with E-state index in [9.17, 15) is 4.79 Å². The molecule has 0 aliphatic carbocycles. The van der Waals surface area contributed by atoms with Crippen molar-refractivity contribution in [2.75, 3.05) is 44.3 Å². The van der Waals surface area contributed by atoms with Gasteiger partial charge in [0.25, 0.3) is 5.91 Å². The van der Waals surface area contributed by atoms with Crippen molar-refractivity contribution in [1.82, 2.24) is 30.0 Å². The Morgan fingerprint density at radius 3 is 2.58 bits per heavy atom. The number of pyridine rings is 1. The third kappa shape index (κ3) is 4.45. The summed E-state index contributed by atoms with van der Waals surface area (Å²) >= 11 is 0. The zero-order chi connectivity index (χ0) is 22.8. The van der Waals surface area contributed by atoms with Crippen molar-refractivity contribution in [3.63, 3.8) is 0 Å². The highest BCUT2D eigenvalue weighted by atomic mass is 16.5. The van der Waals surface area contributed by atoms with Crippen LogP contribution >= 0.6 is 0 Å². The van der Waals surface area contributed by atoms with Crippen LogP contribution in [0.5, 0.6) is 0 Å². The first kappa shape index (κ1) is 21.5. The molecule has 2 aliphatic rings. The second-order valence-corrected chi connectivity index (χ2v) is 8.66. The summed E-state index contributed by atoms with van der Waals surface area (Å²) in [5, 5.41) is 7.15. The average Bonchev–Trinajstić information content (AvgIpc) is 3.37. The number of amides is 1. The third-order valence-corrected chi connectivity index (χ3v) is 6.57. The van der Waals surface area contributed by atoms with Crippen molar-refractivity contribution in [3.05, 3.63) is 53.2 Å². The first-order valence-corrected chi connectivity index (χ1v) is 11.5. The lowest BCUT2D eigenvalue weighted by molar-refractivity contribution is 0.0705. The van der Waals surface area contributed by atoms with E-state index in [0.29, 0.717) is 24.5 Å². The van der Waals surface area contributed by atoms with Crippen LogP contribution in [0.15, 0.2) is 30.5 Å². The molecule has 0 unspecified atom stereocenters. The second kappa shape index (κ2) is 9.27. The largest absolute Gasteiger partial charge is 0.378 e. The molecule has 2 saturated heterocycles. The third-order valence-electron chi connectivity index (χ3n) is 6.57. The van der Waals surface area contributed by atoms with Crippen LogP contribution in [0.3, 0.4) is 0 Å². The fourth-order valence-corrected chi connectivity index (χ4v) is 4.49. The molecule has 5 heterocycles. The smallest absolute Gasteiger partial charge is 0.271 e. The Morgan fingerprint density at radius 2 is 1.85 bits per heavy atom. The van der Waals surface area contributed by atoms with Gasteiger partial charge >= 0.3 is 0 Å². The topological polar surface area (TPSA) is 100 Å². The molecule has 0 aromatic carbocycles. The molecule has 0 radical (unpaired) electrons. The van der Waals surface area contributed by atoms with Gasteiger partial charge in [-0.1, -0.05) is 6.07 Å². The van der Waals surface area contributed by atoms with Crippen molar-refractivity contribution >= 4 is 11.7 Å². The van der Waals surface area contributed by atoms with Crippen LogP contribution in [-0.4, -0.2) is 75.3 Å². The molecule has 0 atom stereocenters. The molecule has 3 aromatic heterocycles. The van der Waals surface area contributed by atoms with Gasteiger partial charge in [-0.3, -0.25) is 14.9 Å². The van der Waals surface area contributed by atoms with Crippen LogP contribution in [0, 0.1) is 13.8 Å². The lowest BCUT2D eigenvalue weighted by Crippen LogP contribution is -2.39. The Balaban J connectivity index is 1.26. The van der Waals surface area contributed by atoms with E-state index in [0.717, 1.165) is 67.7 Å². The molecule has 0 spiro atoms. The highest BCUT2D eigenvalue weighted by molar-refractivity contribution is 5.93. The number of morpholine rings is 1. The Morgan fingerprint density at radius 1 is 1.06 bits per heavy atom. The maximum atomic E-state index is 13.0. The molecule has 3 aromatic rings. The number of carbonyl (C=O) groups is 1. The van der Waals surface area contributed by atoms with Gasteiger partial charge in [0.05, 0.1) is 18.9 Å². The van der Waals surface area contributed by atoms with E-state index >= 15 is 0 Å². The Kier molecular flexibility index (Phi) is 6.04. The highest BCUT2D eigenvalue weighted by Crippen LogP contribution is 2.30. The van der Waals surface area contributed by atoms with Crippen LogP contribution in [-0.2, 0) is 4.74 Å². The minimum atomic E-state index is -0.0295. The van der Waals surface area contributed by atoms with Crippen molar-refractivity contribution in [2.45, 2.75) is 32.6 Å². The monoisotopic (exact) mass is 447 g/mol. The SMILES string of the molecule is Cc1nc(C2CCN(C(=O)c3cc(-c4ccccn4)n[nH]3)CC2)nc(N2CCOCC2)c1C. The number of aryl methyl sites for hydroxylation is 1. The summed E-state index contributed by atoms with van der Waals surface area (Å²) in [6, 6.07) is 7.42. The van der Waals surface area contributed by atoms with E-state index in [4.69, 9.17) is 14.7 Å². The van der Waals surface area contributed by atoms with E-state index in [-0.39, 0.29) is 11.8 Å². The molecule has 172 valence electrons. The maximum absolute atomic E-state index is 13.0. The number of rotatable bonds is 4. The van der Waals surface area contributed by atoms with Gasteiger partial charge in [0, 0.05) is 49.6 Å². The zero-order valence-corrected chi connectivity index (χ0v) is 19.1.